The van der Waals surface area contributed by atoms with Gasteiger partial charge in [0.15, 0.2) is 5.78 Å². The second-order valence-corrected chi connectivity index (χ2v) is 7.10. The largest absolute Gasteiger partial charge is 0.489 e. The molecule has 158 valence electrons. The predicted molar refractivity (Wildman–Crippen MR) is 112 cm³/mol. The summed E-state index contributed by atoms with van der Waals surface area (Å²) in [4.78, 5) is 38.6. The van der Waals surface area contributed by atoms with Gasteiger partial charge in [0, 0.05) is 38.6 Å². The minimum absolute atomic E-state index is 0.0289. The van der Waals surface area contributed by atoms with Gasteiger partial charge in [-0.1, -0.05) is 42.5 Å². The molecule has 0 atom stereocenters. The minimum atomic E-state index is -0.359. The Morgan fingerprint density at radius 3 is 2.37 bits per heavy atom. The van der Waals surface area contributed by atoms with Gasteiger partial charge in [-0.2, -0.15) is 0 Å². The van der Waals surface area contributed by atoms with Crippen LogP contribution in [0, 0.1) is 0 Å². The van der Waals surface area contributed by atoms with Crippen LogP contribution < -0.4 is 10.1 Å². The molecule has 1 fully saturated rings. The Labute approximate surface area is 176 Å². The summed E-state index contributed by atoms with van der Waals surface area (Å²) < 4.78 is 11.0. The highest BCUT2D eigenvalue weighted by molar-refractivity contribution is 6.03. The van der Waals surface area contributed by atoms with Crippen LogP contribution >= 0.6 is 0 Å². The van der Waals surface area contributed by atoms with Crippen molar-refractivity contribution in [2.24, 2.45) is 0 Å². The van der Waals surface area contributed by atoms with E-state index in [9.17, 15) is 14.4 Å². The molecule has 0 aromatic heterocycles. The maximum absolute atomic E-state index is 12.6. The molecule has 7 nitrogen and oxygen atoms in total. The van der Waals surface area contributed by atoms with E-state index in [-0.39, 0.29) is 36.9 Å². The molecule has 3 rings (SSSR count). The van der Waals surface area contributed by atoms with Gasteiger partial charge >= 0.3 is 0 Å². The van der Waals surface area contributed by atoms with Gasteiger partial charge in [0.1, 0.15) is 18.5 Å². The van der Waals surface area contributed by atoms with Crippen LogP contribution in [0.2, 0.25) is 0 Å². The number of hydrogen-bond donors (Lipinski definition) is 1. The highest BCUT2D eigenvalue weighted by atomic mass is 16.5. The van der Waals surface area contributed by atoms with E-state index in [1.165, 1.54) is 7.11 Å². The normalized spacial score (nSPS) is 14.2. The Hall–Kier alpha value is -3.19. The van der Waals surface area contributed by atoms with Crippen LogP contribution in [-0.4, -0.2) is 62.0 Å². The molecule has 2 aromatic rings. The van der Waals surface area contributed by atoms with Crippen molar-refractivity contribution in [3.05, 3.63) is 65.7 Å². The third-order valence-electron chi connectivity index (χ3n) is 4.99. The van der Waals surface area contributed by atoms with Crippen LogP contribution in [0.15, 0.2) is 54.6 Å². The van der Waals surface area contributed by atoms with Crippen LogP contribution in [0.4, 0.5) is 0 Å². The lowest BCUT2D eigenvalue weighted by Gasteiger charge is -2.32. The number of para-hydroxylation sites is 1. The zero-order valence-corrected chi connectivity index (χ0v) is 17.0. The van der Waals surface area contributed by atoms with Crippen molar-refractivity contribution in [1.29, 1.82) is 0 Å². The van der Waals surface area contributed by atoms with Crippen molar-refractivity contribution in [1.82, 2.24) is 10.2 Å². The Morgan fingerprint density at radius 2 is 1.67 bits per heavy atom. The number of nitrogens with one attached hydrogen (secondary N) is 1. The van der Waals surface area contributed by atoms with Crippen LogP contribution in [0.25, 0.3) is 0 Å². The number of hydrogen-bond acceptors (Lipinski definition) is 5. The van der Waals surface area contributed by atoms with E-state index >= 15 is 0 Å². The molecule has 1 aliphatic rings. The molecule has 1 heterocycles. The Kier molecular flexibility index (Phi) is 7.57. The molecule has 1 aliphatic heterocycles. The highest BCUT2D eigenvalue weighted by Gasteiger charge is 2.25. The van der Waals surface area contributed by atoms with Crippen molar-refractivity contribution in [3.63, 3.8) is 0 Å². The smallest absolute Gasteiger partial charge is 0.255 e. The first kappa shape index (κ1) is 21.5. The predicted octanol–water partition coefficient (Wildman–Crippen LogP) is 2.32. The van der Waals surface area contributed by atoms with Crippen molar-refractivity contribution in [2.75, 3.05) is 33.4 Å². The monoisotopic (exact) mass is 410 g/mol. The van der Waals surface area contributed by atoms with Crippen LogP contribution in [0.5, 0.6) is 5.75 Å². The van der Waals surface area contributed by atoms with Gasteiger partial charge in [-0.25, -0.2) is 0 Å². The lowest BCUT2D eigenvalue weighted by molar-refractivity contribution is -0.136. The number of carbonyl (C=O) groups excluding carboxylic acids is 3. The summed E-state index contributed by atoms with van der Waals surface area (Å²) in [6.07, 6.45) is 1.27. The molecule has 2 amide bonds. The summed E-state index contributed by atoms with van der Waals surface area (Å²) in [6.45, 7) is 1.17. The zero-order valence-electron chi connectivity index (χ0n) is 17.0. The number of Topliss-reactive ketones (excluding diaryl/α,β-unsaturated/α-hetero) is 1. The van der Waals surface area contributed by atoms with E-state index in [0.717, 1.165) is 0 Å². The maximum atomic E-state index is 12.6. The van der Waals surface area contributed by atoms with Gasteiger partial charge in [-0.3, -0.25) is 14.4 Å². The Morgan fingerprint density at radius 1 is 1.00 bits per heavy atom. The van der Waals surface area contributed by atoms with E-state index in [2.05, 4.69) is 5.32 Å². The molecule has 1 saturated heterocycles. The molecule has 1 N–H and O–H groups in total. The number of benzene rings is 2. The molecule has 0 bridgehead atoms. The van der Waals surface area contributed by atoms with Gasteiger partial charge < -0.3 is 19.7 Å². The fraction of sp³-hybridized carbons (Fsp3) is 0.348. The summed E-state index contributed by atoms with van der Waals surface area (Å²) in [7, 11) is 1.50. The molecule has 0 spiro atoms. The SMILES string of the molecule is COCC(=O)N1CCC(Oc2ccccc2C(=O)NCC(=O)c2ccccc2)CC1. The number of carbonyl (C=O) groups is 3. The molecule has 7 heteroatoms. The topological polar surface area (TPSA) is 84.9 Å². The summed E-state index contributed by atoms with van der Waals surface area (Å²) in [5.74, 6) is -0.0688. The van der Waals surface area contributed by atoms with Gasteiger partial charge in [-0.15, -0.1) is 0 Å². The first-order valence-corrected chi connectivity index (χ1v) is 9.97. The minimum Gasteiger partial charge on any atom is -0.489 e. The highest BCUT2D eigenvalue weighted by Crippen LogP contribution is 2.23. The zero-order chi connectivity index (χ0) is 21.3. The van der Waals surface area contributed by atoms with E-state index in [1.807, 2.05) is 6.07 Å². The van der Waals surface area contributed by atoms with E-state index in [0.29, 0.717) is 42.8 Å². The van der Waals surface area contributed by atoms with E-state index in [4.69, 9.17) is 9.47 Å². The van der Waals surface area contributed by atoms with Gasteiger partial charge in [0.05, 0.1) is 12.1 Å². The quantitative estimate of drug-likeness (QED) is 0.675. The fourth-order valence-corrected chi connectivity index (χ4v) is 3.36. The second kappa shape index (κ2) is 10.5. The number of ether oxygens (including phenoxy) is 2. The average Bonchev–Trinajstić information content (AvgIpc) is 2.79. The molecule has 30 heavy (non-hydrogen) atoms. The summed E-state index contributed by atoms with van der Waals surface area (Å²) in [5, 5.41) is 2.68. The first-order valence-electron chi connectivity index (χ1n) is 9.97. The lowest BCUT2D eigenvalue weighted by atomic mass is 10.1. The molecule has 0 saturated carbocycles. The van der Waals surface area contributed by atoms with Gasteiger partial charge in [0.2, 0.25) is 5.91 Å². The average molecular weight is 410 g/mol. The first-order chi connectivity index (χ1) is 14.6. The Balaban J connectivity index is 1.56. The molecule has 0 radical (unpaired) electrons. The van der Waals surface area contributed by atoms with E-state index < -0.39 is 0 Å². The Bertz CT molecular complexity index is 876. The number of likely N-dealkylation sites (tertiary alicyclic amines) is 1. The van der Waals surface area contributed by atoms with Crippen LogP contribution in [0.3, 0.4) is 0 Å². The number of amides is 2. The number of ketones is 1. The van der Waals surface area contributed by atoms with Gasteiger partial charge in [-0.05, 0) is 12.1 Å². The van der Waals surface area contributed by atoms with Crippen molar-refractivity contribution < 1.29 is 23.9 Å². The number of methoxy groups -OCH3 is 1. The van der Waals surface area contributed by atoms with Crippen LogP contribution in [0.1, 0.15) is 33.6 Å². The summed E-state index contributed by atoms with van der Waals surface area (Å²) >= 11 is 0. The second-order valence-electron chi connectivity index (χ2n) is 7.10. The summed E-state index contributed by atoms with van der Waals surface area (Å²) in [6, 6.07) is 15.8. The fourth-order valence-electron chi connectivity index (χ4n) is 3.36. The van der Waals surface area contributed by atoms with E-state index in [1.54, 1.807) is 53.4 Å². The van der Waals surface area contributed by atoms with Gasteiger partial charge in [0.25, 0.3) is 5.91 Å². The number of rotatable bonds is 8. The lowest BCUT2D eigenvalue weighted by Crippen LogP contribution is -2.43. The maximum Gasteiger partial charge on any atom is 0.255 e. The van der Waals surface area contributed by atoms with Crippen molar-refractivity contribution in [3.8, 4) is 5.75 Å². The number of piperidine rings is 1. The molecular formula is C23H26N2O5. The summed E-state index contributed by atoms with van der Waals surface area (Å²) in [5.41, 5.74) is 0.938. The molecule has 0 aliphatic carbocycles. The third-order valence-corrected chi connectivity index (χ3v) is 4.99. The standard InChI is InChI=1S/C23H26N2O5/c1-29-16-22(27)25-13-11-18(12-14-25)30-21-10-6-5-9-19(21)23(28)24-15-20(26)17-7-3-2-4-8-17/h2-10,18H,11-16H2,1H3,(H,24,28). The molecule has 2 aromatic carbocycles. The van der Waals surface area contributed by atoms with Crippen molar-refractivity contribution in [2.45, 2.75) is 18.9 Å². The molecular weight excluding hydrogens is 384 g/mol. The third kappa shape index (κ3) is 5.67. The van der Waals surface area contributed by atoms with Crippen molar-refractivity contribution >= 4 is 17.6 Å². The molecule has 0 unspecified atom stereocenters. The van der Waals surface area contributed by atoms with Crippen LogP contribution in [-0.2, 0) is 9.53 Å². The number of nitrogens with zero attached hydrogens (tertiary/aromatic N) is 1.